The molecule has 1 aromatic rings. The third kappa shape index (κ3) is 2.53. The Morgan fingerprint density at radius 2 is 2.29 bits per heavy atom. The van der Waals surface area contributed by atoms with Crippen LogP contribution in [0.1, 0.15) is 31.3 Å². The molecule has 0 saturated carbocycles. The number of nitrogens with two attached hydrogens (primary N) is 1. The van der Waals surface area contributed by atoms with Gasteiger partial charge < -0.3 is 15.2 Å². The highest BCUT2D eigenvalue weighted by Crippen LogP contribution is 2.34. The average molecular weight is 349 g/mol. The molecule has 0 radical (unpaired) electrons. The van der Waals surface area contributed by atoms with E-state index in [2.05, 4.69) is 32.6 Å². The molecular weight excluding hydrogens is 333 g/mol. The van der Waals surface area contributed by atoms with Gasteiger partial charge in [-0.05, 0) is 42.4 Å². The van der Waals surface area contributed by atoms with Gasteiger partial charge in [-0.3, -0.25) is 0 Å². The number of nitrogens with zero attached hydrogens (tertiary/aromatic N) is 2. The molecule has 1 aliphatic heterocycles. The zero-order valence-corrected chi connectivity index (χ0v) is 12.2. The van der Waals surface area contributed by atoms with Crippen LogP contribution < -0.4 is 5.73 Å². The molecule has 1 fully saturated rings. The van der Waals surface area contributed by atoms with Gasteiger partial charge in [0, 0.05) is 13.7 Å². The smallest absolute Gasteiger partial charge is 0.162 e. The summed E-state index contributed by atoms with van der Waals surface area (Å²) in [5.41, 5.74) is 6.33. The van der Waals surface area contributed by atoms with Crippen molar-refractivity contribution >= 4 is 28.4 Å². The topological polar surface area (TPSA) is 70.3 Å². The maximum Gasteiger partial charge on any atom is 0.162 e. The molecule has 2 rings (SSSR count). The van der Waals surface area contributed by atoms with Crippen molar-refractivity contribution in [3.63, 3.8) is 0 Å². The number of hydrogen-bond donors (Lipinski definition) is 1. The van der Waals surface area contributed by atoms with Crippen molar-refractivity contribution in [3.05, 3.63) is 15.1 Å². The zero-order valence-electron chi connectivity index (χ0n) is 9.99. The number of methoxy groups -OCH3 is 1. The van der Waals surface area contributed by atoms with E-state index in [9.17, 15) is 0 Å². The summed E-state index contributed by atoms with van der Waals surface area (Å²) in [6, 6.07) is 0. The van der Waals surface area contributed by atoms with Gasteiger partial charge >= 0.3 is 0 Å². The molecular formula is C11H16IN3O2. The van der Waals surface area contributed by atoms with Gasteiger partial charge in [0.1, 0.15) is 11.4 Å². The van der Waals surface area contributed by atoms with E-state index in [4.69, 9.17) is 15.2 Å². The van der Waals surface area contributed by atoms with E-state index >= 15 is 0 Å². The van der Waals surface area contributed by atoms with Crippen LogP contribution in [-0.4, -0.2) is 23.7 Å². The largest absolute Gasteiger partial charge is 0.383 e. The number of halogens is 1. The fraction of sp³-hybridized carbons (Fsp3) is 0.636. The Labute approximate surface area is 114 Å². The second-order valence-corrected chi connectivity index (χ2v) is 5.39. The van der Waals surface area contributed by atoms with Crippen LogP contribution in [-0.2, 0) is 21.7 Å². The highest BCUT2D eigenvalue weighted by Gasteiger charge is 2.35. The molecule has 2 N–H and O–H groups in total. The van der Waals surface area contributed by atoms with Crippen molar-refractivity contribution in [1.29, 1.82) is 0 Å². The molecule has 0 spiro atoms. The predicted octanol–water partition coefficient (Wildman–Crippen LogP) is 1.84. The lowest BCUT2D eigenvalue weighted by atomic mass is 10.0. The summed E-state index contributed by atoms with van der Waals surface area (Å²) in [6.45, 7) is 3.21. The van der Waals surface area contributed by atoms with Gasteiger partial charge in [-0.1, -0.05) is 0 Å². The first-order chi connectivity index (χ1) is 8.07. The molecule has 1 atom stereocenters. The molecule has 0 bridgehead atoms. The molecule has 1 aromatic heterocycles. The molecule has 0 aromatic carbocycles. The fourth-order valence-corrected chi connectivity index (χ4v) is 2.33. The molecule has 1 saturated heterocycles. The van der Waals surface area contributed by atoms with Crippen LogP contribution in [0.3, 0.4) is 0 Å². The molecule has 2 heterocycles. The van der Waals surface area contributed by atoms with Crippen LogP contribution in [0.2, 0.25) is 0 Å². The first kappa shape index (κ1) is 13.0. The van der Waals surface area contributed by atoms with E-state index in [1.165, 1.54) is 0 Å². The SMILES string of the molecule is COCc1nc(C2(C)CCCO2)nc(N)c1I. The predicted molar refractivity (Wildman–Crippen MR) is 72.4 cm³/mol. The molecule has 94 valence electrons. The van der Waals surface area contributed by atoms with E-state index < -0.39 is 5.60 Å². The number of anilines is 1. The summed E-state index contributed by atoms with van der Waals surface area (Å²) in [4.78, 5) is 8.88. The second-order valence-electron chi connectivity index (χ2n) is 4.31. The Balaban J connectivity index is 2.41. The Hall–Kier alpha value is -0.470. The van der Waals surface area contributed by atoms with Gasteiger partial charge in [-0.15, -0.1) is 0 Å². The molecule has 1 unspecified atom stereocenters. The second kappa shape index (κ2) is 5.03. The van der Waals surface area contributed by atoms with E-state index in [1.807, 2.05) is 6.92 Å². The maximum atomic E-state index is 5.91. The highest BCUT2D eigenvalue weighted by molar-refractivity contribution is 14.1. The van der Waals surface area contributed by atoms with Gasteiger partial charge in [0.2, 0.25) is 0 Å². The van der Waals surface area contributed by atoms with E-state index in [0.29, 0.717) is 18.2 Å². The summed E-state index contributed by atoms with van der Waals surface area (Å²) in [5, 5.41) is 0. The Kier molecular flexibility index (Phi) is 3.84. The Morgan fingerprint density at radius 1 is 1.53 bits per heavy atom. The molecule has 0 amide bonds. The number of aromatic nitrogens is 2. The van der Waals surface area contributed by atoms with Gasteiger partial charge in [0.25, 0.3) is 0 Å². The lowest BCUT2D eigenvalue weighted by molar-refractivity contribution is 0.00895. The minimum Gasteiger partial charge on any atom is -0.383 e. The quantitative estimate of drug-likeness (QED) is 0.844. The lowest BCUT2D eigenvalue weighted by Gasteiger charge is -2.22. The van der Waals surface area contributed by atoms with E-state index in [-0.39, 0.29) is 0 Å². The standard InChI is InChI=1S/C11H16IN3O2/c1-11(4-3-5-17-11)10-14-7(6-16-2)8(12)9(13)15-10/h3-6H2,1-2H3,(H2,13,14,15). The number of nitrogen functional groups attached to an aromatic ring is 1. The fourth-order valence-electron chi connectivity index (χ4n) is 1.94. The van der Waals surface area contributed by atoms with Crippen LogP contribution in [0.15, 0.2) is 0 Å². The van der Waals surface area contributed by atoms with Crippen LogP contribution in [0.25, 0.3) is 0 Å². The summed E-state index contributed by atoms with van der Waals surface area (Å²) < 4.78 is 11.7. The Bertz CT molecular complexity index is 419. The number of hydrogen-bond acceptors (Lipinski definition) is 5. The molecule has 0 aliphatic carbocycles. The monoisotopic (exact) mass is 349 g/mol. The van der Waals surface area contributed by atoms with E-state index in [1.54, 1.807) is 7.11 Å². The molecule has 6 heteroatoms. The summed E-state index contributed by atoms with van der Waals surface area (Å²) in [5.74, 6) is 1.17. The van der Waals surface area contributed by atoms with Crippen molar-refractivity contribution in [1.82, 2.24) is 9.97 Å². The molecule has 17 heavy (non-hydrogen) atoms. The van der Waals surface area contributed by atoms with Crippen LogP contribution in [0.5, 0.6) is 0 Å². The van der Waals surface area contributed by atoms with Crippen LogP contribution in [0.4, 0.5) is 5.82 Å². The normalized spacial score (nSPS) is 24.2. The summed E-state index contributed by atoms with van der Waals surface area (Å²) in [6.07, 6.45) is 1.96. The van der Waals surface area contributed by atoms with Crippen molar-refractivity contribution in [2.24, 2.45) is 0 Å². The van der Waals surface area contributed by atoms with Crippen molar-refractivity contribution < 1.29 is 9.47 Å². The minimum absolute atomic E-state index is 0.402. The van der Waals surface area contributed by atoms with Gasteiger partial charge in [0.05, 0.1) is 15.9 Å². The van der Waals surface area contributed by atoms with Crippen molar-refractivity contribution in [3.8, 4) is 0 Å². The van der Waals surface area contributed by atoms with Gasteiger partial charge in [-0.2, -0.15) is 0 Å². The number of rotatable bonds is 3. The first-order valence-electron chi connectivity index (χ1n) is 5.52. The average Bonchev–Trinajstić information content (AvgIpc) is 2.73. The van der Waals surface area contributed by atoms with Crippen LogP contribution in [0, 0.1) is 3.57 Å². The lowest BCUT2D eigenvalue weighted by Crippen LogP contribution is -2.25. The first-order valence-corrected chi connectivity index (χ1v) is 6.60. The van der Waals surface area contributed by atoms with Crippen molar-refractivity contribution in [2.45, 2.75) is 32.0 Å². The third-order valence-electron chi connectivity index (χ3n) is 2.92. The van der Waals surface area contributed by atoms with E-state index in [0.717, 1.165) is 28.7 Å². The van der Waals surface area contributed by atoms with Gasteiger partial charge in [-0.25, -0.2) is 9.97 Å². The molecule has 1 aliphatic rings. The molecule has 5 nitrogen and oxygen atoms in total. The minimum atomic E-state index is -0.402. The highest BCUT2D eigenvalue weighted by atomic mass is 127. The summed E-state index contributed by atoms with van der Waals surface area (Å²) in [7, 11) is 1.64. The summed E-state index contributed by atoms with van der Waals surface area (Å²) >= 11 is 2.14. The Morgan fingerprint density at radius 3 is 2.88 bits per heavy atom. The third-order valence-corrected chi connectivity index (χ3v) is 4.09. The number of ether oxygens (including phenoxy) is 2. The zero-order chi connectivity index (χ0) is 12.5. The van der Waals surface area contributed by atoms with Crippen molar-refractivity contribution in [2.75, 3.05) is 19.5 Å². The maximum absolute atomic E-state index is 5.91. The van der Waals surface area contributed by atoms with Gasteiger partial charge in [0.15, 0.2) is 5.82 Å². The van der Waals surface area contributed by atoms with Crippen LogP contribution >= 0.6 is 22.6 Å².